The number of nitrogens with zero attached hydrogens (tertiary/aromatic N) is 4. The summed E-state index contributed by atoms with van der Waals surface area (Å²) < 4.78 is 47.4. The van der Waals surface area contributed by atoms with E-state index in [0.717, 1.165) is 6.07 Å². The van der Waals surface area contributed by atoms with Crippen molar-refractivity contribution in [3.63, 3.8) is 0 Å². The van der Waals surface area contributed by atoms with Crippen LogP contribution in [-0.2, 0) is 0 Å². The van der Waals surface area contributed by atoms with Crippen molar-refractivity contribution in [1.29, 1.82) is 5.26 Å². The second kappa shape index (κ2) is 7.51. The van der Waals surface area contributed by atoms with Gasteiger partial charge in [0, 0.05) is 37.8 Å². The summed E-state index contributed by atoms with van der Waals surface area (Å²) in [6.07, 6.45) is 1.33. The molecular weight excluding hydrogens is 381 g/mol. The molecule has 0 amide bonds. The molecule has 0 atom stereocenters. The Bertz CT molecular complexity index is 1120. The summed E-state index contributed by atoms with van der Waals surface area (Å²) >= 11 is 0. The first kappa shape index (κ1) is 18.9. The highest BCUT2D eigenvalue weighted by Crippen LogP contribution is 2.37. The summed E-state index contributed by atoms with van der Waals surface area (Å²) in [4.78, 5) is 7.95. The molecule has 8 heteroatoms. The smallest absolute Gasteiger partial charge is 0.202 e. The van der Waals surface area contributed by atoms with Crippen LogP contribution in [-0.4, -0.2) is 38.3 Å². The molecule has 1 aromatic heterocycles. The maximum Gasteiger partial charge on any atom is 0.202 e. The summed E-state index contributed by atoms with van der Waals surface area (Å²) in [5.41, 5.74) is 1.40. The molecule has 2 aromatic carbocycles. The van der Waals surface area contributed by atoms with Crippen LogP contribution in [0.3, 0.4) is 0 Å². The molecule has 0 bridgehead atoms. The van der Waals surface area contributed by atoms with Crippen molar-refractivity contribution in [2.24, 2.45) is 0 Å². The molecule has 1 aliphatic heterocycles. The van der Waals surface area contributed by atoms with Crippen LogP contribution in [0.2, 0.25) is 0 Å². The van der Waals surface area contributed by atoms with E-state index in [1.165, 1.54) is 19.4 Å². The summed E-state index contributed by atoms with van der Waals surface area (Å²) in [5.74, 6) is -2.78. The fraction of sp³-hybridized carbons (Fsp3) is 0.238. The van der Waals surface area contributed by atoms with Gasteiger partial charge in [-0.1, -0.05) is 12.1 Å². The number of aromatic nitrogens is 1. The summed E-state index contributed by atoms with van der Waals surface area (Å²) in [6.45, 7) is 1.97. The molecule has 0 aliphatic carbocycles. The Hall–Kier alpha value is -3.47. The highest BCUT2D eigenvalue weighted by Gasteiger charge is 2.26. The Kier molecular flexibility index (Phi) is 4.89. The lowest BCUT2D eigenvalue weighted by atomic mass is 10.1. The molecule has 3 aromatic rings. The zero-order valence-corrected chi connectivity index (χ0v) is 15.6. The number of methoxy groups -OCH3 is 1. The predicted octanol–water partition coefficient (Wildman–Crippen LogP) is 3.86. The van der Waals surface area contributed by atoms with E-state index in [4.69, 9.17) is 4.74 Å². The number of hydrogen-bond acceptors (Lipinski definition) is 5. The van der Waals surface area contributed by atoms with Crippen molar-refractivity contribution in [3.8, 4) is 11.8 Å². The van der Waals surface area contributed by atoms with Gasteiger partial charge in [0.15, 0.2) is 11.6 Å². The van der Waals surface area contributed by atoms with Gasteiger partial charge in [-0.2, -0.15) is 9.65 Å². The van der Waals surface area contributed by atoms with Crippen molar-refractivity contribution in [2.45, 2.75) is 0 Å². The van der Waals surface area contributed by atoms with Crippen LogP contribution in [0.5, 0.6) is 5.75 Å². The van der Waals surface area contributed by atoms with Gasteiger partial charge in [-0.25, -0.2) is 8.78 Å². The quantitative estimate of drug-likeness (QED) is 0.671. The first-order valence-corrected chi connectivity index (χ1v) is 9.04. The SMILES string of the molecule is COc1c(F)c(F)cc2c(N3CCN(c4ccccc4F)CC3)c(C#N)cnc12. The standard InChI is InChI=1S/C21H17F3N4O/c1-29-21-18(24)16(23)10-14-19(21)26-12-13(11-25)20(14)28-8-6-27(7-9-28)17-5-3-2-4-15(17)22/h2-5,10,12H,6-9H2,1H3. The van der Waals surface area contributed by atoms with Crippen LogP contribution in [0.4, 0.5) is 24.5 Å². The minimum atomic E-state index is -1.12. The Morgan fingerprint density at radius 1 is 1.03 bits per heavy atom. The lowest BCUT2D eigenvalue weighted by Gasteiger charge is -2.38. The highest BCUT2D eigenvalue weighted by atomic mass is 19.2. The van der Waals surface area contributed by atoms with Crippen LogP contribution in [0.15, 0.2) is 36.5 Å². The number of ether oxygens (including phenoxy) is 1. The molecule has 1 fully saturated rings. The van der Waals surface area contributed by atoms with Gasteiger partial charge >= 0.3 is 0 Å². The molecular formula is C21H17F3N4O. The van der Waals surface area contributed by atoms with E-state index in [-0.39, 0.29) is 22.6 Å². The maximum absolute atomic E-state index is 14.2. The zero-order chi connectivity index (χ0) is 20.5. The second-order valence-electron chi connectivity index (χ2n) is 6.66. The number of benzene rings is 2. The molecule has 0 N–H and O–H groups in total. The Morgan fingerprint density at radius 2 is 1.72 bits per heavy atom. The van der Waals surface area contributed by atoms with E-state index in [0.29, 0.717) is 42.9 Å². The molecule has 2 heterocycles. The lowest BCUT2D eigenvalue weighted by Crippen LogP contribution is -2.47. The van der Waals surface area contributed by atoms with Gasteiger partial charge in [-0.15, -0.1) is 0 Å². The van der Waals surface area contributed by atoms with E-state index in [2.05, 4.69) is 11.1 Å². The largest absolute Gasteiger partial charge is 0.491 e. The Morgan fingerprint density at radius 3 is 2.38 bits per heavy atom. The average Bonchev–Trinajstić information content (AvgIpc) is 2.74. The number of piperazine rings is 1. The van der Waals surface area contributed by atoms with Crippen molar-refractivity contribution in [3.05, 3.63) is 59.5 Å². The number of pyridine rings is 1. The van der Waals surface area contributed by atoms with Crippen LogP contribution in [0.1, 0.15) is 5.56 Å². The molecule has 0 unspecified atom stereocenters. The van der Waals surface area contributed by atoms with Crippen molar-refractivity contribution >= 4 is 22.3 Å². The van der Waals surface area contributed by atoms with Gasteiger partial charge < -0.3 is 14.5 Å². The highest BCUT2D eigenvalue weighted by molar-refractivity contribution is 5.98. The molecule has 0 radical (unpaired) electrons. The average molecular weight is 398 g/mol. The van der Waals surface area contributed by atoms with Crippen molar-refractivity contribution in [1.82, 2.24) is 4.98 Å². The van der Waals surface area contributed by atoms with Crippen molar-refractivity contribution < 1.29 is 17.9 Å². The van der Waals surface area contributed by atoms with Gasteiger partial charge in [0.25, 0.3) is 0 Å². The molecule has 1 saturated heterocycles. The minimum Gasteiger partial charge on any atom is -0.491 e. The third-order valence-electron chi connectivity index (χ3n) is 5.10. The van der Waals surface area contributed by atoms with E-state index < -0.39 is 11.6 Å². The first-order chi connectivity index (χ1) is 14.0. The number of anilines is 2. The fourth-order valence-electron chi connectivity index (χ4n) is 3.73. The second-order valence-corrected chi connectivity index (χ2v) is 6.66. The Balaban J connectivity index is 1.74. The van der Waals surface area contributed by atoms with Crippen LogP contribution in [0, 0.1) is 28.8 Å². The number of rotatable bonds is 3. The molecule has 0 spiro atoms. The van der Waals surface area contributed by atoms with Gasteiger partial charge in [0.1, 0.15) is 17.4 Å². The number of fused-ring (bicyclic) bond motifs is 1. The lowest BCUT2D eigenvalue weighted by molar-refractivity contribution is 0.376. The third kappa shape index (κ3) is 3.18. The zero-order valence-electron chi connectivity index (χ0n) is 15.6. The topological polar surface area (TPSA) is 52.4 Å². The summed E-state index contributed by atoms with van der Waals surface area (Å²) in [6, 6.07) is 9.66. The number of para-hydroxylation sites is 1. The molecule has 1 aliphatic rings. The fourth-order valence-corrected chi connectivity index (χ4v) is 3.73. The van der Waals surface area contributed by atoms with Gasteiger partial charge in [-0.05, 0) is 18.2 Å². The number of hydrogen-bond donors (Lipinski definition) is 0. The Labute approximate surface area is 165 Å². The van der Waals surface area contributed by atoms with E-state index in [9.17, 15) is 18.4 Å². The van der Waals surface area contributed by atoms with Gasteiger partial charge in [0.05, 0.1) is 24.0 Å². The predicted molar refractivity (Wildman–Crippen MR) is 104 cm³/mol. The van der Waals surface area contributed by atoms with Gasteiger partial charge in [0.2, 0.25) is 5.82 Å². The number of nitriles is 1. The first-order valence-electron chi connectivity index (χ1n) is 9.04. The maximum atomic E-state index is 14.2. The molecule has 29 heavy (non-hydrogen) atoms. The van der Waals surface area contributed by atoms with Crippen LogP contribution < -0.4 is 14.5 Å². The monoisotopic (exact) mass is 398 g/mol. The van der Waals surface area contributed by atoms with Crippen LogP contribution >= 0.6 is 0 Å². The third-order valence-corrected chi connectivity index (χ3v) is 5.10. The van der Waals surface area contributed by atoms with E-state index in [1.807, 2.05) is 9.80 Å². The summed E-state index contributed by atoms with van der Waals surface area (Å²) in [5, 5.41) is 9.85. The van der Waals surface area contributed by atoms with E-state index in [1.54, 1.807) is 18.2 Å². The summed E-state index contributed by atoms with van der Waals surface area (Å²) in [7, 11) is 1.24. The van der Waals surface area contributed by atoms with Gasteiger partial charge in [-0.3, -0.25) is 4.98 Å². The molecule has 5 nitrogen and oxygen atoms in total. The molecule has 148 valence electrons. The normalized spacial score (nSPS) is 14.2. The molecule has 4 rings (SSSR count). The minimum absolute atomic E-state index is 0.150. The van der Waals surface area contributed by atoms with Crippen LogP contribution in [0.25, 0.3) is 10.9 Å². The number of halogens is 3. The molecule has 0 saturated carbocycles. The van der Waals surface area contributed by atoms with Crippen molar-refractivity contribution in [2.75, 3.05) is 43.1 Å². The van der Waals surface area contributed by atoms with E-state index >= 15 is 0 Å².